The summed E-state index contributed by atoms with van der Waals surface area (Å²) in [5, 5.41) is 11.8. The summed E-state index contributed by atoms with van der Waals surface area (Å²) >= 11 is 0. The monoisotopic (exact) mass is 438 g/mol. The predicted octanol–water partition coefficient (Wildman–Crippen LogP) is 4.20. The standard InChI is InChI=1S/C22H25F3N2O4/c1-11-16(14-7-8-15(20(24)25)17(23)18(14)30-4)19(31-22(11,2)3)21(29)27-12-5-6-13(10-28)26-9-12/h5-9,11,16,19-20,28H,10H2,1-4H3,(H,27,29)/t11-,16-,19+/m1/s1. The number of nitrogens with zero attached hydrogens (tertiary/aromatic N) is 1. The van der Waals surface area contributed by atoms with E-state index in [9.17, 15) is 18.0 Å². The van der Waals surface area contributed by atoms with Gasteiger partial charge in [0.2, 0.25) is 0 Å². The minimum Gasteiger partial charge on any atom is -0.493 e. The Balaban J connectivity index is 1.98. The normalized spacial score (nSPS) is 22.5. The molecule has 0 radical (unpaired) electrons. The molecule has 0 bridgehead atoms. The first-order chi connectivity index (χ1) is 14.6. The molecule has 9 heteroatoms. The number of methoxy groups -OCH3 is 1. The average Bonchev–Trinajstić information content (AvgIpc) is 2.97. The summed E-state index contributed by atoms with van der Waals surface area (Å²) in [5.41, 5.74) is -0.372. The number of anilines is 1. The van der Waals surface area contributed by atoms with Crippen molar-refractivity contribution in [2.75, 3.05) is 12.4 Å². The molecule has 1 aliphatic heterocycles. The fourth-order valence-electron chi connectivity index (χ4n) is 3.88. The largest absolute Gasteiger partial charge is 0.493 e. The Morgan fingerprint density at radius 2 is 2.03 bits per heavy atom. The molecular weight excluding hydrogens is 413 g/mol. The van der Waals surface area contributed by atoms with Gasteiger partial charge in [0.25, 0.3) is 12.3 Å². The van der Waals surface area contributed by atoms with Crippen LogP contribution in [0.3, 0.4) is 0 Å². The Morgan fingerprint density at radius 3 is 2.58 bits per heavy atom. The van der Waals surface area contributed by atoms with Crippen molar-refractivity contribution in [3.8, 4) is 5.75 Å². The van der Waals surface area contributed by atoms with Crippen molar-refractivity contribution in [3.63, 3.8) is 0 Å². The first-order valence-corrected chi connectivity index (χ1v) is 9.79. The topological polar surface area (TPSA) is 80.7 Å². The molecule has 1 aliphatic rings. The van der Waals surface area contributed by atoms with Gasteiger partial charge in [0.15, 0.2) is 11.6 Å². The van der Waals surface area contributed by atoms with Crippen LogP contribution in [0.25, 0.3) is 0 Å². The number of aromatic nitrogens is 1. The number of carbonyl (C=O) groups is 1. The Morgan fingerprint density at radius 1 is 1.32 bits per heavy atom. The number of hydrogen-bond donors (Lipinski definition) is 2. The molecular formula is C22H25F3N2O4. The number of nitrogens with one attached hydrogen (secondary N) is 1. The second-order valence-electron chi connectivity index (χ2n) is 8.03. The van der Waals surface area contributed by atoms with Gasteiger partial charge in [-0.2, -0.15) is 0 Å². The molecule has 0 unspecified atom stereocenters. The van der Waals surface area contributed by atoms with Gasteiger partial charge in [-0.05, 0) is 38.0 Å². The molecule has 3 rings (SSSR count). The van der Waals surface area contributed by atoms with Crippen molar-refractivity contribution in [1.82, 2.24) is 4.98 Å². The number of alkyl halides is 2. The van der Waals surface area contributed by atoms with Crippen LogP contribution < -0.4 is 10.1 Å². The van der Waals surface area contributed by atoms with Crippen LogP contribution in [0.4, 0.5) is 18.9 Å². The van der Waals surface area contributed by atoms with Crippen LogP contribution in [0.15, 0.2) is 30.5 Å². The number of rotatable bonds is 6. The van der Waals surface area contributed by atoms with E-state index in [1.807, 2.05) is 20.8 Å². The summed E-state index contributed by atoms with van der Waals surface area (Å²) in [4.78, 5) is 17.1. The zero-order chi connectivity index (χ0) is 22.9. The molecule has 1 aromatic heterocycles. The van der Waals surface area contributed by atoms with Crippen LogP contribution in [0.2, 0.25) is 0 Å². The van der Waals surface area contributed by atoms with E-state index in [0.29, 0.717) is 11.4 Å². The number of carbonyl (C=O) groups excluding carboxylic acids is 1. The Bertz CT molecular complexity index is 951. The summed E-state index contributed by atoms with van der Waals surface area (Å²) < 4.78 is 52.2. The van der Waals surface area contributed by atoms with Crippen LogP contribution in [0, 0.1) is 11.7 Å². The molecule has 2 aromatic rings. The third-order valence-electron chi connectivity index (χ3n) is 5.86. The van der Waals surface area contributed by atoms with Crippen molar-refractivity contribution >= 4 is 11.6 Å². The van der Waals surface area contributed by atoms with Gasteiger partial charge >= 0.3 is 0 Å². The highest BCUT2D eigenvalue weighted by Gasteiger charge is 2.51. The first-order valence-electron chi connectivity index (χ1n) is 9.79. The number of pyridine rings is 1. The number of hydrogen-bond acceptors (Lipinski definition) is 5. The summed E-state index contributed by atoms with van der Waals surface area (Å²) in [7, 11) is 1.20. The quantitative estimate of drug-likeness (QED) is 0.707. The molecule has 1 aromatic carbocycles. The summed E-state index contributed by atoms with van der Waals surface area (Å²) in [6, 6.07) is 5.54. The number of halogens is 3. The van der Waals surface area contributed by atoms with E-state index in [2.05, 4.69) is 10.3 Å². The van der Waals surface area contributed by atoms with E-state index < -0.39 is 41.3 Å². The van der Waals surface area contributed by atoms with E-state index in [0.717, 1.165) is 6.07 Å². The lowest BCUT2D eigenvalue weighted by Crippen LogP contribution is -2.33. The third kappa shape index (κ3) is 4.38. The Hall–Kier alpha value is -2.65. The lowest BCUT2D eigenvalue weighted by Gasteiger charge is -2.26. The van der Waals surface area contributed by atoms with Crippen LogP contribution in [0.1, 0.15) is 49.9 Å². The summed E-state index contributed by atoms with van der Waals surface area (Å²) in [6.45, 7) is 5.25. The molecule has 1 fully saturated rings. The zero-order valence-corrected chi connectivity index (χ0v) is 17.7. The summed E-state index contributed by atoms with van der Waals surface area (Å²) in [5.74, 6) is -2.85. The summed E-state index contributed by atoms with van der Waals surface area (Å²) in [6.07, 6.45) is -2.61. The van der Waals surface area contributed by atoms with Gasteiger partial charge < -0.3 is 19.9 Å². The van der Waals surface area contributed by atoms with Gasteiger partial charge in [-0.1, -0.05) is 13.0 Å². The zero-order valence-electron chi connectivity index (χ0n) is 17.7. The molecule has 1 saturated heterocycles. The van der Waals surface area contributed by atoms with E-state index >= 15 is 0 Å². The van der Waals surface area contributed by atoms with Gasteiger partial charge in [0.1, 0.15) is 6.10 Å². The molecule has 0 saturated carbocycles. The fraction of sp³-hybridized carbons (Fsp3) is 0.455. The second-order valence-corrected chi connectivity index (χ2v) is 8.03. The van der Waals surface area contributed by atoms with E-state index in [1.54, 1.807) is 12.1 Å². The molecule has 0 aliphatic carbocycles. The number of benzene rings is 1. The number of aliphatic hydroxyl groups excluding tert-OH is 1. The smallest absolute Gasteiger partial charge is 0.266 e. The van der Waals surface area contributed by atoms with Gasteiger partial charge in [-0.25, -0.2) is 13.2 Å². The molecule has 2 N–H and O–H groups in total. The van der Waals surface area contributed by atoms with Crippen molar-refractivity contribution in [3.05, 3.63) is 53.1 Å². The van der Waals surface area contributed by atoms with Crippen LogP contribution in [0.5, 0.6) is 5.75 Å². The van der Waals surface area contributed by atoms with Gasteiger partial charge in [0.05, 0.1) is 42.5 Å². The SMILES string of the molecule is COc1c([C@@H]2[C@@H](C(=O)Nc3ccc(CO)nc3)OC(C)(C)[C@@H]2C)ccc(C(F)F)c1F. The van der Waals surface area contributed by atoms with Crippen LogP contribution >= 0.6 is 0 Å². The molecule has 2 heterocycles. The highest BCUT2D eigenvalue weighted by atomic mass is 19.3. The Labute approximate surface area is 178 Å². The van der Waals surface area contributed by atoms with E-state index in [1.165, 1.54) is 19.4 Å². The van der Waals surface area contributed by atoms with Crippen molar-refractivity contribution in [2.45, 2.75) is 51.4 Å². The lowest BCUT2D eigenvalue weighted by atomic mass is 9.77. The van der Waals surface area contributed by atoms with Crippen molar-refractivity contribution < 1.29 is 32.5 Å². The molecule has 1 amide bonds. The maximum atomic E-state index is 14.7. The Kier molecular flexibility index (Phi) is 6.56. The molecule has 3 atom stereocenters. The third-order valence-corrected chi connectivity index (χ3v) is 5.86. The maximum absolute atomic E-state index is 14.7. The maximum Gasteiger partial charge on any atom is 0.266 e. The second kappa shape index (κ2) is 8.84. The van der Waals surface area contributed by atoms with Gasteiger partial charge in [-0.3, -0.25) is 9.78 Å². The number of aliphatic hydroxyl groups is 1. The predicted molar refractivity (Wildman–Crippen MR) is 108 cm³/mol. The van der Waals surface area contributed by atoms with Crippen LogP contribution in [-0.2, 0) is 16.1 Å². The minimum absolute atomic E-state index is 0.228. The number of amides is 1. The molecule has 168 valence electrons. The van der Waals surface area contributed by atoms with Crippen LogP contribution in [-0.4, -0.2) is 34.8 Å². The lowest BCUT2D eigenvalue weighted by molar-refractivity contribution is -0.131. The van der Waals surface area contributed by atoms with Crippen molar-refractivity contribution in [1.29, 1.82) is 0 Å². The molecule has 0 spiro atoms. The van der Waals surface area contributed by atoms with Gasteiger partial charge in [0, 0.05) is 11.5 Å². The van der Waals surface area contributed by atoms with E-state index in [-0.39, 0.29) is 23.8 Å². The van der Waals surface area contributed by atoms with Crippen molar-refractivity contribution in [2.24, 2.45) is 5.92 Å². The van der Waals surface area contributed by atoms with Gasteiger partial charge in [-0.15, -0.1) is 0 Å². The fourth-order valence-corrected chi connectivity index (χ4v) is 3.88. The minimum atomic E-state index is -3.00. The van der Waals surface area contributed by atoms with E-state index in [4.69, 9.17) is 14.6 Å². The highest BCUT2D eigenvalue weighted by Crippen LogP contribution is 2.49. The first kappa shape index (κ1) is 23.0. The highest BCUT2D eigenvalue weighted by molar-refractivity contribution is 5.95. The average molecular weight is 438 g/mol. The molecule has 6 nitrogen and oxygen atoms in total. The number of ether oxygens (including phenoxy) is 2. The molecule has 31 heavy (non-hydrogen) atoms.